The van der Waals surface area contributed by atoms with E-state index in [1.165, 1.54) is 0 Å². The van der Waals surface area contributed by atoms with Crippen LogP contribution in [0.15, 0.2) is 42.5 Å². The largest absolute Gasteiger partial charge is 0.486 e. The first-order chi connectivity index (χ1) is 16.4. The van der Waals surface area contributed by atoms with E-state index in [1.54, 1.807) is 12.1 Å². The summed E-state index contributed by atoms with van der Waals surface area (Å²) in [6, 6.07) is 13.2. The van der Waals surface area contributed by atoms with Crippen LogP contribution in [-0.2, 0) is 4.79 Å². The van der Waals surface area contributed by atoms with Crippen LogP contribution in [0.3, 0.4) is 0 Å². The lowest BCUT2D eigenvalue weighted by Gasteiger charge is -2.44. The van der Waals surface area contributed by atoms with E-state index in [1.807, 2.05) is 49.1 Å². The number of hydrogen-bond donors (Lipinski definition) is 1. The van der Waals surface area contributed by atoms with Crippen molar-refractivity contribution in [2.45, 2.75) is 64.4 Å². The maximum Gasteiger partial charge on any atom is 0.251 e. The van der Waals surface area contributed by atoms with Crippen LogP contribution in [0, 0.1) is 13.8 Å². The summed E-state index contributed by atoms with van der Waals surface area (Å²) in [5.74, 6) is 0.957. The van der Waals surface area contributed by atoms with Gasteiger partial charge in [0.2, 0.25) is 5.91 Å². The van der Waals surface area contributed by atoms with E-state index in [4.69, 9.17) is 4.74 Å². The number of carbonyl (C=O) groups excluding carboxylic acids is 3. The molecule has 0 unspecified atom stereocenters. The molecule has 2 aromatic carbocycles. The minimum absolute atomic E-state index is 0.0599. The summed E-state index contributed by atoms with van der Waals surface area (Å²) in [7, 11) is 0. The second kappa shape index (κ2) is 10.4. The molecule has 0 bridgehead atoms. The molecule has 34 heavy (non-hydrogen) atoms. The van der Waals surface area contributed by atoms with Crippen molar-refractivity contribution in [2.75, 3.05) is 19.6 Å². The molecule has 6 nitrogen and oxygen atoms in total. The van der Waals surface area contributed by atoms with Gasteiger partial charge in [0.1, 0.15) is 11.4 Å². The van der Waals surface area contributed by atoms with Crippen LogP contribution in [0.4, 0.5) is 0 Å². The van der Waals surface area contributed by atoms with E-state index in [-0.39, 0.29) is 17.6 Å². The van der Waals surface area contributed by atoms with Crippen molar-refractivity contribution in [1.29, 1.82) is 0 Å². The van der Waals surface area contributed by atoms with Gasteiger partial charge in [-0.3, -0.25) is 14.4 Å². The molecule has 4 rings (SSSR count). The number of ether oxygens (including phenoxy) is 1. The number of nitrogens with one attached hydrogen (secondary N) is 1. The van der Waals surface area contributed by atoms with Crippen molar-refractivity contribution >= 4 is 17.6 Å². The number of aryl methyl sites for hydroxylation is 2. The number of hydrogen-bond acceptors (Lipinski definition) is 4. The molecule has 0 radical (unpaired) electrons. The first kappa shape index (κ1) is 24.0. The van der Waals surface area contributed by atoms with Crippen LogP contribution in [0.1, 0.15) is 76.8 Å². The SMILES string of the molecule is Cc1cc(C)c2c(c1)OC1(CCN(C(=O)CCCCCNC(=O)c3ccccc3)CC1)CC2=O. The van der Waals surface area contributed by atoms with Crippen LogP contribution >= 0.6 is 0 Å². The molecule has 2 aliphatic rings. The summed E-state index contributed by atoms with van der Waals surface area (Å²) in [4.78, 5) is 39.5. The number of ketones is 1. The smallest absolute Gasteiger partial charge is 0.251 e. The van der Waals surface area contributed by atoms with E-state index in [9.17, 15) is 14.4 Å². The highest BCUT2D eigenvalue weighted by atomic mass is 16.5. The average molecular weight is 463 g/mol. The van der Waals surface area contributed by atoms with E-state index in [0.717, 1.165) is 36.0 Å². The maximum absolute atomic E-state index is 12.9. The first-order valence-corrected chi connectivity index (χ1v) is 12.3. The summed E-state index contributed by atoms with van der Waals surface area (Å²) in [6.07, 6.45) is 4.82. The van der Waals surface area contributed by atoms with Gasteiger partial charge in [-0.25, -0.2) is 0 Å². The lowest BCUT2D eigenvalue weighted by Crippen LogP contribution is -2.52. The molecule has 2 amide bonds. The van der Waals surface area contributed by atoms with Gasteiger partial charge >= 0.3 is 0 Å². The van der Waals surface area contributed by atoms with Gasteiger partial charge in [0.15, 0.2) is 5.78 Å². The van der Waals surface area contributed by atoms with E-state index in [0.29, 0.717) is 56.6 Å². The summed E-state index contributed by atoms with van der Waals surface area (Å²) in [6.45, 7) is 5.84. The minimum Gasteiger partial charge on any atom is -0.486 e. The third kappa shape index (κ3) is 5.49. The van der Waals surface area contributed by atoms with Crippen LogP contribution in [0.5, 0.6) is 5.75 Å². The number of piperidine rings is 1. The van der Waals surface area contributed by atoms with Gasteiger partial charge in [0.05, 0.1) is 12.0 Å². The van der Waals surface area contributed by atoms with Gasteiger partial charge in [-0.2, -0.15) is 0 Å². The van der Waals surface area contributed by atoms with Gasteiger partial charge in [-0.1, -0.05) is 30.7 Å². The predicted octanol–water partition coefficient (Wildman–Crippen LogP) is 4.62. The number of unbranched alkanes of at least 4 members (excludes halogenated alkanes) is 2. The Balaban J connectivity index is 1.18. The minimum atomic E-state index is -0.488. The zero-order chi connectivity index (χ0) is 24.1. The number of Topliss-reactive ketones (excluding diaryl/α,β-unsaturated/α-hetero) is 1. The molecular weight excluding hydrogens is 428 g/mol. The number of likely N-dealkylation sites (tertiary alicyclic amines) is 1. The van der Waals surface area contributed by atoms with Gasteiger partial charge in [0.25, 0.3) is 5.91 Å². The van der Waals surface area contributed by atoms with Crippen LogP contribution in [0.25, 0.3) is 0 Å². The Hall–Kier alpha value is -3.15. The molecule has 2 aromatic rings. The van der Waals surface area contributed by atoms with E-state index in [2.05, 4.69) is 5.32 Å². The molecule has 0 aliphatic carbocycles. The third-order valence-corrected chi connectivity index (χ3v) is 6.95. The Bertz CT molecular complexity index is 1060. The molecule has 180 valence electrons. The van der Waals surface area contributed by atoms with Gasteiger partial charge in [-0.15, -0.1) is 0 Å². The first-order valence-electron chi connectivity index (χ1n) is 12.3. The number of amides is 2. The van der Waals surface area contributed by atoms with Crippen molar-refractivity contribution in [3.8, 4) is 5.75 Å². The lowest BCUT2D eigenvalue weighted by molar-refractivity contribution is -0.134. The highest BCUT2D eigenvalue weighted by Crippen LogP contribution is 2.41. The molecule has 2 heterocycles. The fourth-order valence-electron chi connectivity index (χ4n) is 5.09. The topological polar surface area (TPSA) is 75.7 Å². The molecule has 1 N–H and O–H groups in total. The third-order valence-electron chi connectivity index (χ3n) is 6.95. The molecule has 0 atom stereocenters. The molecular formula is C28H34N2O4. The monoisotopic (exact) mass is 462 g/mol. The maximum atomic E-state index is 12.9. The van der Waals surface area contributed by atoms with Crippen LogP contribution < -0.4 is 10.1 Å². The van der Waals surface area contributed by atoms with Gasteiger partial charge in [0, 0.05) is 44.5 Å². The number of benzene rings is 2. The number of carbonyl (C=O) groups is 3. The van der Waals surface area contributed by atoms with Gasteiger partial charge in [-0.05, 0) is 56.0 Å². The normalized spacial score (nSPS) is 16.6. The molecule has 0 aromatic heterocycles. The Morgan fingerprint density at radius 1 is 1.03 bits per heavy atom. The Labute approximate surface area is 201 Å². The molecule has 1 fully saturated rings. The molecule has 1 spiro atoms. The van der Waals surface area contributed by atoms with Crippen molar-refractivity contribution in [1.82, 2.24) is 10.2 Å². The zero-order valence-electron chi connectivity index (χ0n) is 20.2. The second-order valence-corrected chi connectivity index (χ2v) is 9.65. The van der Waals surface area contributed by atoms with Crippen molar-refractivity contribution in [3.63, 3.8) is 0 Å². The van der Waals surface area contributed by atoms with Gasteiger partial charge < -0.3 is 15.0 Å². The second-order valence-electron chi connectivity index (χ2n) is 9.65. The molecule has 2 aliphatic heterocycles. The van der Waals surface area contributed by atoms with Crippen LogP contribution in [0.2, 0.25) is 0 Å². The quantitative estimate of drug-likeness (QED) is 0.609. The fourth-order valence-corrected chi connectivity index (χ4v) is 5.09. The standard InChI is InChI=1S/C28H34N2O4/c1-20-17-21(2)26-23(31)19-28(34-24(26)18-20)12-15-30(16-13-28)25(32)11-7-4-8-14-29-27(33)22-9-5-3-6-10-22/h3,5-6,9-10,17-18H,4,7-8,11-16,19H2,1-2H3,(H,29,33). The lowest BCUT2D eigenvalue weighted by atomic mass is 9.81. The fraction of sp³-hybridized carbons (Fsp3) is 0.464. The molecule has 6 heteroatoms. The van der Waals surface area contributed by atoms with Crippen LogP contribution in [-0.4, -0.2) is 47.7 Å². The highest BCUT2D eigenvalue weighted by Gasteiger charge is 2.44. The zero-order valence-corrected chi connectivity index (χ0v) is 20.2. The summed E-state index contributed by atoms with van der Waals surface area (Å²) < 4.78 is 6.40. The average Bonchev–Trinajstić information content (AvgIpc) is 2.81. The predicted molar refractivity (Wildman–Crippen MR) is 131 cm³/mol. The molecule has 1 saturated heterocycles. The Morgan fingerprint density at radius 3 is 2.50 bits per heavy atom. The highest BCUT2D eigenvalue weighted by molar-refractivity contribution is 6.01. The number of rotatable bonds is 7. The summed E-state index contributed by atoms with van der Waals surface area (Å²) in [5, 5.41) is 2.93. The van der Waals surface area contributed by atoms with E-state index >= 15 is 0 Å². The Kier molecular flexibility index (Phi) is 7.35. The summed E-state index contributed by atoms with van der Waals surface area (Å²) in [5.41, 5.74) is 2.96. The Morgan fingerprint density at radius 2 is 1.76 bits per heavy atom. The number of fused-ring (bicyclic) bond motifs is 1. The number of nitrogens with zero attached hydrogens (tertiary/aromatic N) is 1. The van der Waals surface area contributed by atoms with E-state index < -0.39 is 5.60 Å². The van der Waals surface area contributed by atoms with Crippen molar-refractivity contribution in [3.05, 3.63) is 64.7 Å². The summed E-state index contributed by atoms with van der Waals surface area (Å²) >= 11 is 0. The van der Waals surface area contributed by atoms with Crippen molar-refractivity contribution in [2.24, 2.45) is 0 Å². The molecule has 0 saturated carbocycles. The van der Waals surface area contributed by atoms with Crippen molar-refractivity contribution < 1.29 is 19.1 Å².